The van der Waals surface area contributed by atoms with Gasteiger partial charge in [-0.2, -0.15) is 5.10 Å². The van der Waals surface area contributed by atoms with E-state index in [4.69, 9.17) is 0 Å². The van der Waals surface area contributed by atoms with Gasteiger partial charge in [-0.1, -0.05) is 6.07 Å². The van der Waals surface area contributed by atoms with Crippen molar-refractivity contribution in [2.24, 2.45) is 0 Å². The molecule has 0 saturated heterocycles. The van der Waals surface area contributed by atoms with Crippen LogP contribution in [0.25, 0.3) is 0 Å². The number of carbonyl (C=O) groups is 1. The van der Waals surface area contributed by atoms with Crippen LogP contribution in [0, 0.1) is 0 Å². The van der Waals surface area contributed by atoms with E-state index < -0.39 is 0 Å². The molecule has 0 aliphatic rings. The van der Waals surface area contributed by atoms with E-state index in [1.54, 1.807) is 29.5 Å². The quantitative estimate of drug-likeness (QED) is 0.859. The van der Waals surface area contributed by atoms with Gasteiger partial charge in [0.25, 0.3) is 5.91 Å². The van der Waals surface area contributed by atoms with Crippen molar-refractivity contribution in [2.75, 3.05) is 0 Å². The third-order valence-electron chi connectivity index (χ3n) is 2.40. The highest BCUT2D eigenvalue weighted by atomic mass is 16.1. The van der Waals surface area contributed by atoms with Gasteiger partial charge in [0.15, 0.2) is 0 Å². The Bertz CT molecular complexity index is 492. The van der Waals surface area contributed by atoms with Crippen molar-refractivity contribution in [2.45, 2.75) is 20.0 Å². The Hall–Kier alpha value is -2.17. The molecule has 2 aromatic heterocycles. The van der Waals surface area contributed by atoms with Crippen LogP contribution in [0.15, 0.2) is 36.9 Å². The maximum Gasteiger partial charge on any atom is 0.254 e. The van der Waals surface area contributed by atoms with Crippen molar-refractivity contribution >= 4 is 5.91 Å². The van der Waals surface area contributed by atoms with E-state index >= 15 is 0 Å². The smallest absolute Gasteiger partial charge is 0.254 e. The summed E-state index contributed by atoms with van der Waals surface area (Å²) in [4.78, 5) is 15.7. The third kappa shape index (κ3) is 2.90. The highest BCUT2D eigenvalue weighted by Crippen LogP contribution is 1.99. The van der Waals surface area contributed by atoms with E-state index in [1.165, 1.54) is 0 Å². The van der Waals surface area contributed by atoms with Crippen molar-refractivity contribution in [3.63, 3.8) is 0 Å². The summed E-state index contributed by atoms with van der Waals surface area (Å²) in [5, 5.41) is 6.87. The van der Waals surface area contributed by atoms with Gasteiger partial charge in [-0.05, 0) is 18.6 Å². The summed E-state index contributed by atoms with van der Waals surface area (Å²) in [6, 6.07) is 3.76. The van der Waals surface area contributed by atoms with Gasteiger partial charge in [0.1, 0.15) is 0 Å². The molecule has 1 N–H and O–H groups in total. The molecule has 5 heteroatoms. The summed E-state index contributed by atoms with van der Waals surface area (Å²) in [5.41, 5.74) is 1.56. The first-order valence-corrected chi connectivity index (χ1v) is 5.49. The fourth-order valence-electron chi connectivity index (χ4n) is 1.44. The fourth-order valence-corrected chi connectivity index (χ4v) is 1.44. The second kappa shape index (κ2) is 5.25. The van der Waals surface area contributed by atoms with Crippen LogP contribution >= 0.6 is 0 Å². The number of carbonyl (C=O) groups excluding carboxylic acids is 1. The molecule has 0 fully saturated rings. The van der Waals surface area contributed by atoms with Crippen molar-refractivity contribution in [1.29, 1.82) is 0 Å². The SMILES string of the molecule is CCn1cc(C(=O)NCc2cccnc2)cn1. The first-order valence-electron chi connectivity index (χ1n) is 5.49. The number of nitrogens with zero attached hydrogens (tertiary/aromatic N) is 3. The zero-order valence-corrected chi connectivity index (χ0v) is 9.63. The molecule has 0 radical (unpaired) electrons. The lowest BCUT2D eigenvalue weighted by molar-refractivity contribution is 0.0951. The lowest BCUT2D eigenvalue weighted by Gasteiger charge is -2.02. The van der Waals surface area contributed by atoms with Crippen LogP contribution in [0.1, 0.15) is 22.8 Å². The summed E-state index contributed by atoms with van der Waals surface area (Å²) < 4.78 is 1.72. The van der Waals surface area contributed by atoms with Crippen LogP contribution in [0.2, 0.25) is 0 Å². The molecule has 0 saturated carbocycles. The summed E-state index contributed by atoms with van der Waals surface area (Å²) >= 11 is 0. The van der Waals surface area contributed by atoms with Crippen molar-refractivity contribution in [3.05, 3.63) is 48.0 Å². The summed E-state index contributed by atoms with van der Waals surface area (Å²) in [6.45, 7) is 3.21. The first kappa shape index (κ1) is 11.3. The maximum absolute atomic E-state index is 11.8. The maximum atomic E-state index is 11.8. The Kier molecular flexibility index (Phi) is 3.49. The second-order valence-corrected chi connectivity index (χ2v) is 3.63. The van der Waals surface area contributed by atoms with E-state index in [9.17, 15) is 4.79 Å². The Labute approximate surface area is 99.5 Å². The highest BCUT2D eigenvalue weighted by molar-refractivity contribution is 5.93. The normalized spacial score (nSPS) is 10.2. The molecular weight excluding hydrogens is 216 g/mol. The third-order valence-corrected chi connectivity index (χ3v) is 2.40. The van der Waals surface area contributed by atoms with E-state index in [0.29, 0.717) is 12.1 Å². The standard InChI is InChI=1S/C12H14N4O/c1-2-16-9-11(8-15-16)12(17)14-7-10-4-3-5-13-6-10/h3-6,8-9H,2,7H2,1H3,(H,14,17). The number of nitrogens with one attached hydrogen (secondary N) is 1. The Morgan fingerprint density at radius 2 is 2.35 bits per heavy atom. The summed E-state index contributed by atoms with van der Waals surface area (Å²) in [7, 11) is 0. The summed E-state index contributed by atoms with van der Waals surface area (Å²) in [6.07, 6.45) is 6.74. The molecule has 0 aliphatic heterocycles. The molecule has 17 heavy (non-hydrogen) atoms. The van der Waals surface area contributed by atoms with Crippen LogP contribution in [-0.2, 0) is 13.1 Å². The molecule has 0 bridgehead atoms. The highest BCUT2D eigenvalue weighted by Gasteiger charge is 2.07. The minimum Gasteiger partial charge on any atom is -0.348 e. The van der Waals surface area contributed by atoms with Crippen molar-refractivity contribution in [3.8, 4) is 0 Å². The van der Waals surface area contributed by atoms with Gasteiger partial charge in [0, 0.05) is 31.7 Å². The molecule has 0 aromatic carbocycles. The van der Waals surface area contributed by atoms with Gasteiger partial charge in [0.2, 0.25) is 0 Å². The average molecular weight is 230 g/mol. The van der Waals surface area contributed by atoms with Crippen LogP contribution < -0.4 is 5.32 Å². The Balaban J connectivity index is 1.93. The van der Waals surface area contributed by atoms with Crippen molar-refractivity contribution < 1.29 is 4.79 Å². The Morgan fingerprint density at radius 3 is 3.00 bits per heavy atom. The largest absolute Gasteiger partial charge is 0.348 e. The molecule has 1 amide bonds. The topological polar surface area (TPSA) is 59.8 Å². The van der Waals surface area contributed by atoms with Crippen LogP contribution in [0.3, 0.4) is 0 Å². The minimum atomic E-state index is -0.117. The van der Waals surface area contributed by atoms with E-state index in [2.05, 4.69) is 15.4 Å². The van der Waals surface area contributed by atoms with E-state index in [1.807, 2.05) is 19.1 Å². The van der Waals surface area contributed by atoms with Crippen LogP contribution in [0.4, 0.5) is 0 Å². The zero-order chi connectivity index (χ0) is 12.1. The van der Waals surface area contributed by atoms with Gasteiger partial charge < -0.3 is 5.32 Å². The molecule has 0 spiro atoms. The number of aryl methyl sites for hydroxylation is 1. The van der Waals surface area contributed by atoms with Gasteiger partial charge in [-0.25, -0.2) is 0 Å². The van der Waals surface area contributed by atoms with E-state index in [-0.39, 0.29) is 5.91 Å². The van der Waals surface area contributed by atoms with Gasteiger partial charge in [-0.3, -0.25) is 14.5 Å². The number of pyridine rings is 1. The molecule has 2 aromatic rings. The van der Waals surface area contributed by atoms with Crippen molar-refractivity contribution in [1.82, 2.24) is 20.1 Å². The zero-order valence-electron chi connectivity index (χ0n) is 9.63. The first-order chi connectivity index (χ1) is 8.29. The molecular formula is C12H14N4O. The van der Waals surface area contributed by atoms with Crippen LogP contribution in [0.5, 0.6) is 0 Å². The lowest BCUT2D eigenvalue weighted by Crippen LogP contribution is -2.22. The number of aromatic nitrogens is 3. The van der Waals surface area contributed by atoms with E-state index in [0.717, 1.165) is 12.1 Å². The molecule has 0 atom stereocenters. The molecule has 2 rings (SSSR count). The molecule has 88 valence electrons. The number of rotatable bonds is 4. The minimum absolute atomic E-state index is 0.117. The van der Waals surface area contributed by atoms with Gasteiger partial charge in [0.05, 0.1) is 11.8 Å². The monoisotopic (exact) mass is 230 g/mol. The summed E-state index contributed by atoms with van der Waals surface area (Å²) in [5.74, 6) is -0.117. The molecule has 0 unspecified atom stereocenters. The second-order valence-electron chi connectivity index (χ2n) is 3.63. The van der Waals surface area contributed by atoms with Gasteiger partial charge in [-0.15, -0.1) is 0 Å². The predicted octanol–water partition coefficient (Wildman–Crippen LogP) is 1.23. The predicted molar refractivity (Wildman–Crippen MR) is 63.3 cm³/mol. The number of hydrogen-bond acceptors (Lipinski definition) is 3. The number of amides is 1. The molecule has 5 nitrogen and oxygen atoms in total. The van der Waals surface area contributed by atoms with Crippen LogP contribution in [-0.4, -0.2) is 20.7 Å². The molecule has 2 heterocycles. The Morgan fingerprint density at radius 1 is 1.47 bits per heavy atom. The van der Waals surface area contributed by atoms with Gasteiger partial charge >= 0.3 is 0 Å². The number of hydrogen-bond donors (Lipinski definition) is 1. The fraction of sp³-hybridized carbons (Fsp3) is 0.250. The lowest BCUT2D eigenvalue weighted by atomic mass is 10.2. The molecule has 0 aliphatic carbocycles. The average Bonchev–Trinajstić information content (AvgIpc) is 2.86.